The van der Waals surface area contributed by atoms with Crippen LogP contribution in [0.4, 0.5) is 5.69 Å². The summed E-state index contributed by atoms with van der Waals surface area (Å²) >= 11 is 0. The summed E-state index contributed by atoms with van der Waals surface area (Å²) in [6.45, 7) is 5.12. The summed E-state index contributed by atoms with van der Waals surface area (Å²) in [7, 11) is 0. The number of rotatable bonds is 5. The first-order chi connectivity index (χ1) is 10.1. The molecule has 0 bridgehead atoms. The lowest BCUT2D eigenvalue weighted by atomic mass is 9.70. The van der Waals surface area contributed by atoms with Crippen LogP contribution < -0.4 is 15.8 Å². The zero-order valence-corrected chi connectivity index (χ0v) is 12.9. The van der Waals surface area contributed by atoms with E-state index in [9.17, 15) is 4.79 Å². The standard InChI is InChI=1S/C16H25N3O2/c1-3-21-14-5-4-13(10-18-14)19-15(20)16(11-17)8-6-12(2)7-9-16/h4-5,10,12H,3,6-9,11,17H2,1-2H3,(H,19,20). The van der Waals surface area contributed by atoms with E-state index < -0.39 is 5.41 Å². The average Bonchev–Trinajstić information content (AvgIpc) is 2.50. The number of nitrogens with one attached hydrogen (secondary N) is 1. The number of hydrogen-bond acceptors (Lipinski definition) is 4. The Balaban J connectivity index is 2.02. The van der Waals surface area contributed by atoms with Crippen LogP contribution >= 0.6 is 0 Å². The maximum absolute atomic E-state index is 12.6. The van der Waals surface area contributed by atoms with E-state index in [-0.39, 0.29) is 5.91 Å². The van der Waals surface area contributed by atoms with Gasteiger partial charge in [-0.1, -0.05) is 6.92 Å². The summed E-state index contributed by atoms with van der Waals surface area (Å²) in [6, 6.07) is 3.57. The molecular formula is C16H25N3O2. The fourth-order valence-corrected chi connectivity index (χ4v) is 2.79. The molecule has 116 valence electrons. The van der Waals surface area contributed by atoms with Crippen molar-refractivity contribution >= 4 is 11.6 Å². The Morgan fingerprint density at radius 1 is 1.48 bits per heavy atom. The van der Waals surface area contributed by atoms with Crippen LogP contribution in [0.3, 0.4) is 0 Å². The van der Waals surface area contributed by atoms with Crippen LogP contribution in [-0.4, -0.2) is 24.0 Å². The quantitative estimate of drug-likeness (QED) is 0.874. The molecule has 0 atom stereocenters. The molecule has 3 N–H and O–H groups in total. The Morgan fingerprint density at radius 3 is 2.71 bits per heavy atom. The van der Waals surface area contributed by atoms with E-state index in [1.54, 1.807) is 12.3 Å². The van der Waals surface area contributed by atoms with Gasteiger partial charge in [0.2, 0.25) is 11.8 Å². The van der Waals surface area contributed by atoms with E-state index >= 15 is 0 Å². The second-order valence-corrected chi connectivity index (χ2v) is 5.94. The summed E-state index contributed by atoms with van der Waals surface area (Å²) in [6.07, 6.45) is 5.47. The number of nitrogens with zero attached hydrogens (tertiary/aromatic N) is 1. The number of pyridine rings is 1. The summed E-state index contributed by atoms with van der Waals surface area (Å²) in [5.41, 5.74) is 6.17. The first kappa shape index (κ1) is 15.8. The number of nitrogens with two attached hydrogens (primary N) is 1. The highest BCUT2D eigenvalue weighted by Gasteiger charge is 2.39. The SMILES string of the molecule is CCOc1ccc(NC(=O)C2(CN)CCC(C)CC2)cn1. The number of anilines is 1. The van der Waals surface area contributed by atoms with Crippen LogP contribution in [0.15, 0.2) is 18.3 Å². The monoisotopic (exact) mass is 291 g/mol. The van der Waals surface area contributed by atoms with Gasteiger partial charge in [0.15, 0.2) is 0 Å². The van der Waals surface area contributed by atoms with Gasteiger partial charge in [0, 0.05) is 12.6 Å². The molecule has 2 rings (SSSR count). The molecule has 1 aromatic rings. The maximum Gasteiger partial charge on any atom is 0.231 e. The molecule has 1 fully saturated rings. The van der Waals surface area contributed by atoms with Gasteiger partial charge < -0.3 is 15.8 Å². The number of aromatic nitrogens is 1. The number of carbonyl (C=O) groups is 1. The van der Waals surface area contributed by atoms with E-state index in [4.69, 9.17) is 10.5 Å². The highest BCUT2D eigenvalue weighted by atomic mass is 16.5. The zero-order chi connectivity index (χ0) is 15.3. The van der Waals surface area contributed by atoms with Gasteiger partial charge in [0.25, 0.3) is 0 Å². The second-order valence-electron chi connectivity index (χ2n) is 5.94. The van der Waals surface area contributed by atoms with Crippen molar-refractivity contribution in [3.63, 3.8) is 0 Å². The van der Waals surface area contributed by atoms with Crippen molar-refractivity contribution in [3.05, 3.63) is 18.3 Å². The summed E-state index contributed by atoms with van der Waals surface area (Å²) in [4.78, 5) is 16.7. The van der Waals surface area contributed by atoms with Crippen LogP contribution in [0.5, 0.6) is 5.88 Å². The van der Waals surface area contributed by atoms with E-state index in [1.807, 2.05) is 13.0 Å². The summed E-state index contributed by atoms with van der Waals surface area (Å²) in [5.74, 6) is 1.27. The third kappa shape index (κ3) is 3.73. The molecule has 1 heterocycles. The Kier molecular flexibility index (Phi) is 5.17. The van der Waals surface area contributed by atoms with Crippen molar-refractivity contribution in [2.45, 2.75) is 39.5 Å². The number of amides is 1. The van der Waals surface area contributed by atoms with Crippen molar-refractivity contribution in [2.24, 2.45) is 17.1 Å². The Morgan fingerprint density at radius 2 is 2.19 bits per heavy atom. The Hall–Kier alpha value is -1.62. The van der Waals surface area contributed by atoms with Crippen LogP contribution in [-0.2, 0) is 4.79 Å². The minimum atomic E-state index is -0.425. The predicted molar refractivity (Wildman–Crippen MR) is 83.2 cm³/mol. The molecule has 21 heavy (non-hydrogen) atoms. The van der Waals surface area contributed by atoms with E-state index in [0.29, 0.717) is 30.6 Å². The molecule has 5 heteroatoms. The van der Waals surface area contributed by atoms with E-state index in [0.717, 1.165) is 25.7 Å². The molecule has 5 nitrogen and oxygen atoms in total. The van der Waals surface area contributed by atoms with Gasteiger partial charge in [0.1, 0.15) is 0 Å². The van der Waals surface area contributed by atoms with E-state index in [2.05, 4.69) is 17.2 Å². The Labute approximate surface area is 126 Å². The van der Waals surface area contributed by atoms with Gasteiger partial charge in [0.05, 0.1) is 23.9 Å². The highest BCUT2D eigenvalue weighted by molar-refractivity contribution is 5.95. The van der Waals surface area contributed by atoms with Crippen LogP contribution in [0, 0.1) is 11.3 Å². The third-order valence-corrected chi connectivity index (χ3v) is 4.39. The van der Waals surface area contributed by atoms with Gasteiger partial charge in [-0.3, -0.25) is 4.79 Å². The molecule has 0 unspecified atom stereocenters. The van der Waals surface area contributed by atoms with Crippen molar-refractivity contribution in [2.75, 3.05) is 18.5 Å². The van der Waals surface area contributed by atoms with Crippen molar-refractivity contribution in [1.82, 2.24) is 4.98 Å². The molecule has 1 saturated carbocycles. The largest absolute Gasteiger partial charge is 0.478 e. The van der Waals surface area contributed by atoms with Gasteiger partial charge in [-0.05, 0) is 44.6 Å². The van der Waals surface area contributed by atoms with Gasteiger partial charge in [-0.2, -0.15) is 0 Å². The van der Waals surface area contributed by atoms with Gasteiger partial charge in [-0.25, -0.2) is 4.98 Å². The predicted octanol–water partition coefficient (Wildman–Crippen LogP) is 2.57. The molecule has 1 aliphatic carbocycles. The first-order valence-electron chi connectivity index (χ1n) is 7.70. The number of ether oxygens (including phenoxy) is 1. The first-order valence-corrected chi connectivity index (χ1v) is 7.70. The lowest BCUT2D eigenvalue weighted by Crippen LogP contribution is -2.44. The topological polar surface area (TPSA) is 77.2 Å². The minimum absolute atomic E-state index is 0.0165. The lowest BCUT2D eigenvalue weighted by molar-refractivity contribution is -0.127. The third-order valence-electron chi connectivity index (χ3n) is 4.39. The molecular weight excluding hydrogens is 266 g/mol. The average molecular weight is 291 g/mol. The lowest BCUT2D eigenvalue weighted by Gasteiger charge is -2.37. The van der Waals surface area contributed by atoms with Crippen LogP contribution in [0.2, 0.25) is 0 Å². The molecule has 0 spiro atoms. The minimum Gasteiger partial charge on any atom is -0.478 e. The van der Waals surface area contributed by atoms with Crippen LogP contribution in [0.1, 0.15) is 39.5 Å². The van der Waals surface area contributed by atoms with Crippen molar-refractivity contribution in [1.29, 1.82) is 0 Å². The zero-order valence-electron chi connectivity index (χ0n) is 12.9. The van der Waals surface area contributed by atoms with Gasteiger partial charge >= 0.3 is 0 Å². The molecule has 1 aliphatic rings. The van der Waals surface area contributed by atoms with Crippen molar-refractivity contribution in [3.8, 4) is 5.88 Å². The van der Waals surface area contributed by atoms with Crippen LogP contribution in [0.25, 0.3) is 0 Å². The van der Waals surface area contributed by atoms with E-state index in [1.165, 1.54) is 0 Å². The molecule has 0 radical (unpaired) electrons. The maximum atomic E-state index is 12.6. The molecule has 1 aromatic heterocycles. The molecule has 0 aromatic carbocycles. The highest BCUT2D eigenvalue weighted by Crippen LogP contribution is 2.39. The summed E-state index contributed by atoms with van der Waals surface area (Å²) in [5, 5.41) is 2.95. The molecule has 0 saturated heterocycles. The van der Waals surface area contributed by atoms with Gasteiger partial charge in [-0.15, -0.1) is 0 Å². The number of carbonyl (C=O) groups excluding carboxylic acids is 1. The summed E-state index contributed by atoms with van der Waals surface area (Å²) < 4.78 is 5.29. The van der Waals surface area contributed by atoms with Crippen molar-refractivity contribution < 1.29 is 9.53 Å². The Bertz CT molecular complexity index is 465. The number of hydrogen-bond donors (Lipinski definition) is 2. The normalized spacial score (nSPS) is 25.4. The smallest absolute Gasteiger partial charge is 0.231 e. The molecule has 0 aliphatic heterocycles. The fourth-order valence-electron chi connectivity index (χ4n) is 2.79. The second kappa shape index (κ2) is 6.89. The fraction of sp³-hybridized carbons (Fsp3) is 0.625. The molecule has 1 amide bonds.